The van der Waals surface area contributed by atoms with Crippen LogP contribution < -0.4 is 4.90 Å². The molecule has 1 aromatic carbocycles. The number of nitriles is 1. The summed E-state index contributed by atoms with van der Waals surface area (Å²) in [5.41, 5.74) is 2.59. The molecule has 1 unspecified atom stereocenters. The van der Waals surface area contributed by atoms with Crippen molar-refractivity contribution in [3.8, 4) is 6.07 Å². The maximum atomic E-state index is 9.13. The van der Waals surface area contributed by atoms with Gasteiger partial charge >= 0.3 is 0 Å². The number of rotatable bonds is 3. The highest BCUT2D eigenvalue weighted by atomic mass is 35.5. The lowest BCUT2D eigenvalue weighted by Gasteiger charge is -2.27. The number of hydrogen-bond acceptors (Lipinski definition) is 3. The molecule has 0 spiro atoms. The van der Waals surface area contributed by atoms with E-state index in [0.29, 0.717) is 5.56 Å². The Balaban J connectivity index is 2.31. The van der Waals surface area contributed by atoms with Crippen LogP contribution in [0.3, 0.4) is 0 Å². The van der Waals surface area contributed by atoms with Crippen LogP contribution >= 0.6 is 11.6 Å². The zero-order valence-corrected chi connectivity index (χ0v) is 11.6. The Hall–Kier alpha value is -2.05. The number of aromatic nitrogens is 1. The van der Waals surface area contributed by atoms with Crippen molar-refractivity contribution in [1.29, 1.82) is 5.26 Å². The summed E-state index contributed by atoms with van der Waals surface area (Å²) in [6.45, 7) is 2.08. The summed E-state index contributed by atoms with van der Waals surface area (Å²) >= 11 is 5.89. The van der Waals surface area contributed by atoms with Gasteiger partial charge in [-0.15, -0.1) is 0 Å². The van der Waals surface area contributed by atoms with Gasteiger partial charge in [0, 0.05) is 18.3 Å². The fourth-order valence-corrected chi connectivity index (χ4v) is 2.06. The first-order valence-electron chi connectivity index (χ1n) is 5.96. The average Bonchev–Trinajstić information content (AvgIpc) is 2.46. The highest BCUT2D eigenvalue weighted by Gasteiger charge is 2.15. The van der Waals surface area contributed by atoms with Gasteiger partial charge < -0.3 is 4.90 Å². The van der Waals surface area contributed by atoms with E-state index in [1.807, 2.05) is 36.2 Å². The van der Waals surface area contributed by atoms with Crippen molar-refractivity contribution in [2.45, 2.75) is 13.0 Å². The normalized spacial score (nSPS) is 11.7. The standard InChI is InChI=1S/C15H14ClN3/c1-11(12-3-5-14(16)6-4-12)19(2)15-10-18-8-7-13(15)9-17/h3-8,10-11H,1-2H3. The minimum Gasteiger partial charge on any atom is -0.366 e. The van der Waals surface area contributed by atoms with E-state index in [9.17, 15) is 0 Å². The Morgan fingerprint density at radius 2 is 1.95 bits per heavy atom. The summed E-state index contributed by atoms with van der Waals surface area (Å²) in [5.74, 6) is 0. The van der Waals surface area contributed by atoms with Gasteiger partial charge in [0.1, 0.15) is 6.07 Å². The zero-order valence-electron chi connectivity index (χ0n) is 10.8. The van der Waals surface area contributed by atoms with Crippen LogP contribution in [0.1, 0.15) is 24.1 Å². The van der Waals surface area contributed by atoms with Crippen molar-refractivity contribution < 1.29 is 0 Å². The van der Waals surface area contributed by atoms with Gasteiger partial charge in [0.15, 0.2) is 0 Å². The molecule has 4 heteroatoms. The topological polar surface area (TPSA) is 39.9 Å². The third-order valence-electron chi connectivity index (χ3n) is 3.23. The Labute approximate surface area is 118 Å². The highest BCUT2D eigenvalue weighted by Crippen LogP contribution is 2.27. The Morgan fingerprint density at radius 1 is 1.26 bits per heavy atom. The summed E-state index contributed by atoms with van der Waals surface area (Å²) in [7, 11) is 1.96. The number of hydrogen-bond donors (Lipinski definition) is 0. The molecule has 1 heterocycles. The molecule has 1 atom stereocenters. The molecule has 0 bridgehead atoms. The first-order chi connectivity index (χ1) is 9.13. The van der Waals surface area contributed by atoms with Crippen LogP contribution in [0.15, 0.2) is 42.7 Å². The van der Waals surface area contributed by atoms with Gasteiger partial charge in [0.05, 0.1) is 23.5 Å². The number of nitrogens with zero attached hydrogens (tertiary/aromatic N) is 3. The highest BCUT2D eigenvalue weighted by molar-refractivity contribution is 6.30. The van der Waals surface area contributed by atoms with E-state index in [-0.39, 0.29) is 6.04 Å². The lowest BCUT2D eigenvalue weighted by atomic mass is 10.1. The molecule has 3 nitrogen and oxygen atoms in total. The minimum atomic E-state index is 0.133. The molecule has 0 aliphatic rings. The average molecular weight is 272 g/mol. The summed E-state index contributed by atoms with van der Waals surface area (Å²) in [5, 5.41) is 9.85. The van der Waals surface area contributed by atoms with Gasteiger partial charge in [-0.1, -0.05) is 23.7 Å². The molecule has 2 rings (SSSR count). The molecule has 2 aromatic rings. The van der Waals surface area contributed by atoms with E-state index in [1.165, 1.54) is 0 Å². The molecule has 0 saturated carbocycles. The predicted octanol–water partition coefficient (Wildman–Crippen LogP) is 3.80. The maximum Gasteiger partial charge on any atom is 0.101 e. The van der Waals surface area contributed by atoms with Crippen LogP contribution in [0, 0.1) is 11.3 Å². The van der Waals surface area contributed by atoms with Crippen molar-refractivity contribution in [2.24, 2.45) is 0 Å². The molecule has 0 N–H and O–H groups in total. The maximum absolute atomic E-state index is 9.13. The Bertz CT molecular complexity index is 602. The molecule has 0 radical (unpaired) electrons. The SMILES string of the molecule is CC(c1ccc(Cl)cc1)N(C)c1cnccc1C#N. The van der Waals surface area contributed by atoms with Crippen molar-refractivity contribution in [3.63, 3.8) is 0 Å². The molecule has 0 aliphatic carbocycles. The second-order valence-corrected chi connectivity index (χ2v) is 4.78. The van der Waals surface area contributed by atoms with E-state index in [4.69, 9.17) is 16.9 Å². The van der Waals surface area contributed by atoms with E-state index in [0.717, 1.165) is 16.3 Å². The largest absolute Gasteiger partial charge is 0.366 e. The van der Waals surface area contributed by atoms with Crippen LogP contribution in [-0.4, -0.2) is 12.0 Å². The quantitative estimate of drug-likeness (QED) is 0.852. The smallest absolute Gasteiger partial charge is 0.101 e. The predicted molar refractivity (Wildman–Crippen MR) is 77.2 cm³/mol. The van der Waals surface area contributed by atoms with Crippen LogP contribution in [0.25, 0.3) is 0 Å². The molecule has 0 amide bonds. The third-order valence-corrected chi connectivity index (χ3v) is 3.49. The molecule has 0 aliphatic heterocycles. The number of pyridine rings is 1. The second-order valence-electron chi connectivity index (χ2n) is 4.34. The first kappa shape index (κ1) is 13.4. The summed E-state index contributed by atoms with van der Waals surface area (Å²) in [6, 6.07) is 11.8. The second kappa shape index (κ2) is 5.73. The molecule has 0 fully saturated rings. The summed E-state index contributed by atoms with van der Waals surface area (Å²) in [4.78, 5) is 6.13. The van der Waals surface area contributed by atoms with Gasteiger partial charge in [0.25, 0.3) is 0 Å². The molecular weight excluding hydrogens is 258 g/mol. The van der Waals surface area contributed by atoms with Gasteiger partial charge in [-0.25, -0.2) is 0 Å². The van der Waals surface area contributed by atoms with E-state index in [2.05, 4.69) is 18.0 Å². The van der Waals surface area contributed by atoms with Crippen molar-refractivity contribution in [1.82, 2.24) is 4.98 Å². The minimum absolute atomic E-state index is 0.133. The van der Waals surface area contributed by atoms with Crippen LogP contribution in [-0.2, 0) is 0 Å². The van der Waals surface area contributed by atoms with Crippen LogP contribution in [0.2, 0.25) is 5.02 Å². The number of anilines is 1. The monoisotopic (exact) mass is 271 g/mol. The fourth-order valence-electron chi connectivity index (χ4n) is 1.94. The van der Waals surface area contributed by atoms with Crippen molar-refractivity contribution in [3.05, 3.63) is 58.9 Å². The molecule has 96 valence electrons. The van der Waals surface area contributed by atoms with Gasteiger partial charge in [-0.3, -0.25) is 4.98 Å². The van der Waals surface area contributed by atoms with Crippen molar-refractivity contribution in [2.75, 3.05) is 11.9 Å². The first-order valence-corrected chi connectivity index (χ1v) is 6.33. The summed E-state index contributed by atoms with van der Waals surface area (Å²) < 4.78 is 0. The number of halogens is 1. The molecular formula is C15H14ClN3. The molecule has 19 heavy (non-hydrogen) atoms. The van der Waals surface area contributed by atoms with Gasteiger partial charge in [0.2, 0.25) is 0 Å². The van der Waals surface area contributed by atoms with Crippen molar-refractivity contribution >= 4 is 17.3 Å². The fraction of sp³-hybridized carbons (Fsp3) is 0.200. The zero-order chi connectivity index (χ0) is 13.8. The Kier molecular flexibility index (Phi) is 4.03. The van der Waals surface area contributed by atoms with Gasteiger partial charge in [-0.2, -0.15) is 5.26 Å². The number of benzene rings is 1. The molecule has 0 saturated heterocycles. The van der Waals surface area contributed by atoms with E-state index < -0.39 is 0 Å². The van der Waals surface area contributed by atoms with E-state index >= 15 is 0 Å². The lowest BCUT2D eigenvalue weighted by Crippen LogP contribution is -2.22. The lowest BCUT2D eigenvalue weighted by molar-refractivity contribution is 0.737. The Morgan fingerprint density at radius 3 is 2.58 bits per heavy atom. The summed E-state index contributed by atoms with van der Waals surface area (Å²) in [6.07, 6.45) is 3.34. The van der Waals surface area contributed by atoms with Crippen LogP contribution in [0.5, 0.6) is 0 Å². The molecule has 1 aromatic heterocycles. The van der Waals surface area contributed by atoms with Gasteiger partial charge in [-0.05, 0) is 30.7 Å². The van der Waals surface area contributed by atoms with Crippen LogP contribution in [0.4, 0.5) is 5.69 Å². The third kappa shape index (κ3) is 2.86. The van der Waals surface area contributed by atoms with E-state index in [1.54, 1.807) is 18.5 Å².